The molecule has 0 saturated heterocycles. The normalized spacial score (nSPS) is 11.2. The quantitative estimate of drug-likeness (QED) is 0.418. The van der Waals surface area contributed by atoms with Crippen LogP contribution in [0.4, 0.5) is 5.13 Å². The van der Waals surface area contributed by atoms with E-state index in [0.29, 0.717) is 34.0 Å². The predicted molar refractivity (Wildman–Crippen MR) is 124 cm³/mol. The van der Waals surface area contributed by atoms with Crippen molar-refractivity contribution in [1.82, 2.24) is 9.88 Å². The highest BCUT2D eigenvalue weighted by molar-refractivity contribution is 7.98. The summed E-state index contributed by atoms with van der Waals surface area (Å²) in [4.78, 5) is 22.5. The largest absolute Gasteiger partial charge is 0.482 e. The standard InChI is InChI=1S/C20H21Cl2N3O2S2/c1-24(2)8-9-25(19(26)12-27-17-7-4-13(21)10-15(17)22)20-23-16-6-5-14(28-3)11-18(16)29-20/h4-7,10-11H,8-9,12H2,1-3H3. The van der Waals surface area contributed by atoms with Crippen molar-refractivity contribution < 1.29 is 9.53 Å². The number of carbonyl (C=O) groups is 1. The van der Waals surface area contributed by atoms with Crippen LogP contribution in [0, 0.1) is 0 Å². The Kier molecular flexibility index (Phi) is 7.65. The number of hydrogen-bond acceptors (Lipinski definition) is 6. The van der Waals surface area contributed by atoms with Gasteiger partial charge in [0.15, 0.2) is 11.7 Å². The van der Waals surface area contributed by atoms with E-state index in [1.165, 1.54) is 16.2 Å². The van der Waals surface area contributed by atoms with Crippen molar-refractivity contribution in [3.63, 3.8) is 0 Å². The van der Waals surface area contributed by atoms with Crippen molar-refractivity contribution in [1.29, 1.82) is 0 Å². The number of aromatic nitrogens is 1. The summed E-state index contributed by atoms with van der Waals surface area (Å²) in [7, 11) is 3.94. The number of benzene rings is 2. The first-order valence-corrected chi connectivity index (χ1v) is 11.6. The lowest BCUT2D eigenvalue weighted by Crippen LogP contribution is -2.39. The van der Waals surface area contributed by atoms with Crippen LogP contribution in [0.25, 0.3) is 10.2 Å². The molecule has 9 heteroatoms. The van der Waals surface area contributed by atoms with Crippen LogP contribution in [0.5, 0.6) is 5.75 Å². The van der Waals surface area contributed by atoms with Crippen molar-refractivity contribution in [2.24, 2.45) is 0 Å². The molecule has 0 aliphatic rings. The minimum atomic E-state index is -0.179. The Labute approximate surface area is 188 Å². The molecule has 3 rings (SSSR count). The monoisotopic (exact) mass is 469 g/mol. The molecule has 2 aromatic carbocycles. The van der Waals surface area contributed by atoms with E-state index in [9.17, 15) is 4.79 Å². The van der Waals surface area contributed by atoms with E-state index in [-0.39, 0.29) is 12.5 Å². The van der Waals surface area contributed by atoms with E-state index in [0.717, 1.165) is 10.2 Å². The lowest BCUT2D eigenvalue weighted by Gasteiger charge is -2.22. The van der Waals surface area contributed by atoms with Crippen LogP contribution < -0.4 is 9.64 Å². The molecule has 0 radical (unpaired) electrons. The van der Waals surface area contributed by atoms with E-state index in [1.54, 1.807) is 34.9 Å². The number of thiazole rings is 1. The lowest BCUT2D eigenvalue weighted by atomic mass is 10.3. The Morgan fingerprint density at radius 2 is 1.97 bits per heavy atom. The Bertz CT molecular complexity index is 1010. The highest BCUT2D eigenvalue weighted by Gasteiger charge is 2.21. The molecule has 0 aliphatic carbocycles. The maximum atomic E-state index is 13.0. The molecule has 0 spiro atoms. The van der Waals surface area contributed by atoms with E-state index in [1.807, 2.05) is 37.4 Å². The van der Waals surface area contributed by atoms with Gasteiger partial charge in [0, 0.05) is 23.0 Å². The molecule has 1 heterocycles. The number of likely N-dealkylation sites (N-methyl/N-ethyl adjacent to an activating group) is 1. The summed E-state index contributed by atoms with van der Waals surface area (Å²) < 4.78 is 6.70. The van der Waals surface area contributed by atoms with E-state index >= 15 is 0 Å². The fourth-order valence-corrected chi connectivity index (χ4v) is 4.60. The third-order valence-electron chi connectivity index (χ3n) is 4.13. The first kappa shape index (κ1) is 22.2. The molecule has 154 valence electrons. The van der Waals surface area contributed by atoms with Crippen LogP contribution in [0.15, 0.2) is 41.3 Å². The molecule has 0 N–H and O–H groups in total. The molecule has 0 atom stereocenters. The zero-order valence-electron chi connectivity index (χ0n) is 16.3. The molecule has 0 saturated carbocycles. The van der Waals surface area contributed by atoms with Gasteiger partial charge in [0.1, 0.15) is 5.75 Å². The fraction of sp³-hybridized carbons (Fsp3) is 0.300. The van der Waals surface area contributed by atoms with Crippen molar-refractivity contribution in [3.8, 4) is 5.75 Å². The molecule has 29 heavy (non-hydrogen) atoms. The maximum Gasteiger partial charge on any atom is 0.266 e. The van der Waals surface area contributed by atoms with Gasteiger partial charge in [-0.1, -0.05) is 34.5 Å². The second-order valence-corrected chi connectivity index (χ2v) is 9.27. The van der Waals surface area contributed by atoms with Gasteiger partial charge in [-0.25, -0.2) is 4.98 Å². The number of anilines is 1. The highest BCUT2D eigenvalue weighted by atomic mass is 35.5. The van der Waals surface area contributed by atoms with Crippen molar-refractivity contribution in [2.45, 2.75) is 4.90 Å². The summed E-state index contributed by atoms with van der Waals surface area (Å²) in [6.45, 7) is 1.08. The van der Waals surface area contributed by atoms with Crippen molar-refractivity contribution >= 4 is 67.6 Å². The van der Waals surface area contributed by atoms with Gasteiger partial charge in [-0.05, 0) is 56.7 Å². The first-order chi connectivity index (χ1) is 13.9. The summed E-state index contributed by atoms with van der Waals surface area (Å²) >= 11 is 15.2. The Morgan fingerprint density at radius 1 is 1.17 bits per heavy atom. The second-order valence-electron chi connectivity index (χ2n) is 6.54. The summed E-state index contributed by atoms with van der Waals surface area (Å²) in [5.74, 6) is 0.243. The molecular weight excluding hydrogens is 449 g/mol. The van der Waals surface area contributed by atoms with Gasteiger partial charge in [0.05, 0.1) is 15.2 Å². The van der Waals surface area contributed by atoms with Gasteiger partial charge in [-0.3, -0.25) is 9.69 Å². The number of halogens is 2. The first-order valence-electron chi connectivity index (χ1n) is 8.85. The second kappa shape index (κ2) is 10.00. The number of hydrogen-bond donors (Lipinski definition) is 0. The predicted octanol–water partition coefficient (Wildman–Crippen LogP) is 5.30. The fourth-order valence-electron chi connectivity index (χ4n) is 2.57. The zero-order valence-corrected chi connectivity index (χ0v) is 19.5. The van der Waals surface area contributed by atoms with Crippen molar-refractivity contribution in [2.75, 3.05) is 44.9 Å². The number of fused-ring (bicyclic) bond motifs is 1. The number of rotatable bonds is 8. The maximum absolute atomic E-state index is 13.0. The summed E-state index contributed by atoms with van der Waals surface area (Å²) in [5.41, 5.74) is 0.882. The molecular formula is C20H21Cl2N3O2S2. The van der Waals surface area contributed by atoms with Gasteiger partial charge in [0.2, 0.25) is 0 Å². The topological polar surface area (TPSA) is 45.7 Å². The number of carbonyl (C=O) groups excluding carboxylic acids is 1. The average molecular weight is 470 g/mol. The number of nitrogens with zero attached hydrogens (tertiary/aromatic N) is 3. The minimum Gasteiger partial charge on any atom is -0.482 e. The number of ether oxygens (including phenoxy) is 1. The molecule has 1 aromatic heterocycles. The molecule has 0 bridgehead atoms. The molecule has 0 aliphatic heterocycles. The Balaban J connectivity index is 1.81. The third kappa shape index (κ3) is 5.77. The Morgan fingerprint density at radius 3 is 2.66 bits per heavy atom. The summed E-state index contributed by atoms with van der Waals surface area (Å²) in [6.07, 6.45) is 2.04. The van der Waals surface area contributed by atoms with Gasteiger partial charge in [0.25, 0.3) is 5.91 Å². The zero-order chi connectivity index (χ0) is 21.0. The minimum absolute atomic E-state index is 0.138. The SMILES string of the molecule is CSc1ccc2nc(N(CCN(C)C)C(=O)COc3ccc(Cl)cc3Cl)sc2c1. The van der Waals surface area contributed by atoms with Crippen LogP contribution >= 0.6 is 46.3 Å². The van der Waals surface area contributed by atoms with E-state index in [4.69, 9.17) is 27.9 Å². The number of amides is 1. The van der Waals surface area contributed by atoms with Crippen molar-refractivity contribution in [3.05, 3.63) is 46.4 Å². The molecule has 1 amide bonds. The number of thioether (sulfide) groups is 1. The summed E-state index contributed by atoms with van der Waals surface area (Å²) in [5, 5.41) is 1.55. The molecule has 3 aromatic rings. The van der Waals surface area contributed by atoms with E-state index in [2.05, 4.69) is 11.1 Å². The van der Waals surface area contributed by atoms with Crippen LogP contribution in [0.2, 0.25) is 10.0 Å². The smallest absolute Gasteiger partial charge is 0.266 e. The molecule has 0 unspecified atom stereocenters. The van der Waals surface area contributed by atoms with Gasteiger partial charge in [-0.15, -0.1) is 11.8 Å². The van der Waals surface area contributed by atoms with Crippen LogP contribution in [-0.2, 0) is 4.79 Å². The summed E-state index contributed by atoms with van der Waals surface area (Å²) in [6, 6.07) is 11.0. The lowest BCUT2D eigenvalue weighted by molar-refractivity contribution is -0.120. The van der Waals surface area contributed by atoms with Crippen LogP contribution in [0.1, 0.15) is 0 Å². The van der Waals surface area contributed by atoms with Crippen LogP contribution in [-0.4, -0.2) is 55.8 Å². The average Bonchev–Trinajstić information content (AvgIpc) is 3.09. The highest BCUT2D eigenvalue weighted by Crippen LogP contribution is 2.32. The van der Waals surface area contributed by atoms with Gasteiger partial charge >= 0.3 is 0 Å². The van der Waals surface area contributed by atoms with Crippen LogP contribution in [0.3, 0.4) is 0 Å². The molecule has 0 fully saturated rings. The Hall–Kier alpha value is -1.51. The third-order valence-corrected chi connectivity index (χ3v) is 6.43. The van der Waals surface area contributed by atoms with E-state index < -0.39 is 0 Å². The molecule has 5 nitrogen and oxygen atoms in total. The van der Waals surface area contributed by atoms with Gasteiger partial charge < -0.3 is 9.64 Å². The van der Waals surface area contributed by atoms with Gasteiger partial charge in [-0.2, -0.15) is 0 Å².